The van der Waals surface area contributed by atoms with Crippen molar-refractivity contribution < 1.29 is 0 Å². The van der Waals surface area contributed by atoms with E-state index in [-0.39, 0.29) is 0 Å². The molecule has 0 aliphatic carbocycles. The van der Waals surface area contributed by atoms with Gasteiger partial charge in [0.25, 0.3) is 0 Å². The molecule has 0 rings (SSSR count). The SMILES string of the molecule is C=CN=C(C=C)C(C)C.CC. The largest absolute Gasteiger partial charge is 0.262 e. The number of allylic oxidation sites excluding steroid dienone is 1. The summed E-state index contributed by atoms with van der Waals surface area (Å²) in [5, 5.41) is 0. The summed E-state index contributed by atoms with van der Waals surface area (Å²) >= 11 is 0. The van der Waals surface area contributed by atoms with Crippen molar-refractivity contribution in [3.63, 3.8) is 0 Å². The first-order valence-electron chi connectivity index (χ1n) is 4.03. The van der Waals surface area contributed by atoms with Crippen molar-refractivity contribution in [1.82, 2.24) is 0 Å². The first kappa shape index (κ1) is 12.8. The molecule has 0 heterocycles. The second kappa shape index (κ2) is 9.15. The van der Waals surface area contributed by atoms with Crippen molar-refractivity contribution >= 4 is 5.71 Å². The normalized spacial score (nSPS) is 10.1. The maximum Gasteiger partial charge on any atom is 0.0422 e. The number of rotatable bonds is 3. The Morgan fingerprint density at radius 3 is 1.82 bits per heavy atom. The molecule has 1 heteroatoms. The van der Waals surface area contributed by atoms with E-state index >= 15 is 0 Å². The zero-order valence-electron chi connectivity index (χ0n) is 8.09. The van der Waals surface area contributed by atoms with Crippen LogP contribution in [0.5, 0.6) is 0 Å². The summed E-state index contributed by atoms with van der Waals surface area (Å²) < 4.78 is 0. The van der Waals surface area contributed by atoms with E-state index < -0.39 is 0 Å². The lowest BCUT2D eigenvalue weighted by molar-refractivity contribution is 0.889. The average molecular weight is 153 g/mol. The van der Waals surface area contributed by atoms with E-state index in [1.807, 2.05) is 13.8 Å². The maximum atomic E-state index is 4.00. The number of aliphatic imine (C=N–C) groups is 1. The predicted molar refractivity (Wildman–Crippen MR) is 54.0 cm³/mol. The van der Waals surface area contributed by atoms with Gasteiger partial charge in [-0.3, -0.25) is 4.99 Å². The van der Waals surface area contributed by atoms with Crippen LogP contribution < -0.4 is 0 Å². The fraction of sp³-hybridized carbons (Fsp3) is 0.500. The molecule has 0 saturated carbocycles. The molecule has 0 unspecified atom stereocenters. The van der Waals surface area contributed by atoms with Crippen molar-refractivity contribution in [3.8, 4) is 0 Å². The molecule has 0 N–H and O–H groups in total. The van der Waals surface area contributed by atoms with Crippen LogP contribution >= 0.6 is 0 Å². The Labute approximate surface area is 70.5 Å². The third kappa shape index (κ3) is 7.04. The second-order valence-electron chi connectivity index (χ2n) is 2.10. The van der Waals surface area contributed by atoms with Gasteiger partial charge in [0.2, 0.25) is 0 Å². The monoisotopic (exact) mass is 153 g/mol. The summed E-state index contributed by atoms with van der Waals surface area (Å²) in [5.41, 5.74) is 0.991. The minimum absolute atomic E-state index is 0.445. The third-order valence-corrected chi connectivity index (χ3v) is 1.04. The molecule has 0 saturated heterocycles. The molecule has 0 fully saturated rings. The van der Waals surface area contributed by atoms with Gasteiger partial charge in [0.15, 0.2) is 0 Å². The summed E-state index contributed by atoms with van der Waals surface area (Å²) in [5.74, 6) is 0.445. The molecule has 0 spiro atoms. The minimum atomic E-state index is 0.445. The van der Waals surface area contributed by atoms with Crippen LogP contribution in [0.15, 0.2) is 30.4 Å². The van der Waals surface area contributed by atoms with Crippen LogP contribution in [0.2, 0.25) is 0 Å². The van der Waals surface area contributed by atoms with Crippen molar-refractivity contribution in [2.75, 3.05) is 0 Å². The fourth-order valence-corrected chi connectivity index (χ4v) is 0.543. The lowest BCUT2D eigenvalue weighted by Gasteiger charge is -2.00. The first-order valence-corrected chi connectivity index (χ1v) is 4.03. The van der Waals surface area contributed by atoms with Crippen LogP contribution in [-0.4, -0.2) is 5.71 Å². The van der Waals surface area contributed by atoms with E-state index in [0.717, 1.165) is 5.71 Å². The lowest BCUT2D eigenvalue weighted by Crippen LogP contribution is -2.01. The average Bonchev–Trinajstić information content (AvgIpc) is 2.03. The Morgan fingerprint density at radius 2 is 1.73 bits per heavy atom. The Hall–Kier alpha value is -0.850. The molecule has 0 aromatic carbocycles. The lowest BCUT2D eigenvalue weighted by atomic mass is 10.1. The Kier molecular flexibility index (Phi) is 10.6. The predicted octanol–water partition coefficient (Wildman–Crippen LogP) is 3.44. The Morgan fingerprint density at radius 1 is 1.27 bits per heavy atom. The van der Waals surface area contributed by atoms with Crippen molar-refractivity contribution in [1.29, 1.82) is 0 Å². The summed E-state index contributed by atoms with van der Waals surface area (Å²) in [6.45, 7) is 15.3. The van der Waals surface area contributed by atoms with E-state index in [0.29, 0.717) is 5.92 Å². The zero-order valence-corrected chi connectivity index (χ0v) is 8.09. The third-order valence-electron chi connectivity index (χ3n) is 1.04. The Balaban J connectivity index is 0. The van der Waals surface area contributed by atoms with Crippen LogP contribution in [0.25, 0.3) is 0 Å². The zero-order chi connectivity index (χ0) is 9.28. The maximum absolute atomic E-state index is 4.00. The van der Waals surface area contributed by atoms with Crippen molar-refractivity contribution in [2.24, 2.45) is 10.9 Å². The van der Waals surface area contributed by atoms with E-state index in [4.69, 9.17) is 0 Å². The molecular weight excluding hydrogens is 134 g/mol. The van der Waals surface area contributed by atoms with E-state index in [1.165, 1.54) is 6.20 Å². The van der Waals surface area contributed by atoms with Gasteiger partial charge in [-0.05, 0) is 12.0 Å². The first-order chi connectivity index (χ1) is 5.22. The topological polar surface area (TPSA) is 12.4 Å². The van der Waals surface area contributed by atoms with Crippen LogP contribution in [0.3, 0.4) is 0 Å². The molecule has 0 atom stereocenters. The molecule has 0 aromatic rings. The van der Waals surface area contributed by atoms with Gasteiger partial charge in [-0.2, -0.15) is 0 Å². The molecule has 0 bridgehead atoms. The molecule has 0 aliphatic heterocycles. The van der Waals surface area contributed by atoms with Crippen molar-refractivity contribution in [2.45, 2.75) is 27.7 Å². The fourth-order valence-electron chi connectivity index (χ4n) is 0.543. The van der Waals surface area contributed by atoms with Gasteiger partial charge >= 0.3 is 0 Å². The summed E-state index contributed by atoms with van der Waals surface area (Å²) in [6, 6.07) is 0. The molecular formula is C10H19N. The molecule has 11 heavy (non-hydrogen) atoms. The number of hydrogen-bond donors (Lipinski definition) is 0. The summed E-state index contributed by atoms with van der Waals surface area (Å²) in [7, 11) is 0. The van der Waals surface area contributed by atoms with Crippen LogP contribution in [0, 0.1) is 5.92 Å². The van der Waals surface area contributed by atoms with Crippen LogP contribution in [-0.2, 0) is 0 Å². The molecule has 0 radical (unpaired) electrons. The Bertz CT molecular complexity index is 132. The van der Waals surface area contributed by atoms with Crippen LogP contribution in [0.1, 0.15) is 27.7 Å². The van der Waals surface area contributed by atoms with Gasteiger partial charge in [0.05, 0.1) is 0 Å². The number of nitrogens with zero attached hydrogens (tertiary/aromatic N) is 1. The highest BCUT2D eigenvalue weighted by Gasteiger charge is 1.96. The molecule has 0 aromatic heterocycles. The standard InChI is InChI=1S/C8H13N.C2H6/c1-5-8(7(3)4)9-6-2;1-2/h5-7H,1-2H2,3-4H3;1-2H3. The van der Waals surface area contributed by atoms with E-state index in [1.54, 1.807) is 6.08 Å². The van der Waals surface area contributed by atoms with Crippen LogP contribution in [0.4, 0.5) is 0 Å². The van der Waals surface area contributed by atoms with Gasteiger partial charge < -0.3 is 0 Å². The van der Waals surface area contributed by atoms with Crippen molar-refractivity contribution in [3.05, 3.63) is 25.4 Å². The highest BCUT2D eigenvalue weighted by Crippen LogP contribution is 1.97. The quantitative estimate of drug-likeness (QED) is 0.551. The summed E-state index contributed by atoms with van der Waals surface area (Å²) in [6.07, 6.45) is 3.30. The number of hydrogen-bond acceptors (Lipinski definition) is 1. The summed E-state index contributed by atoms with van der Waals surface area (Å²) in [4.78, 5) is 4.00. The highest BCUT2D eigenvalue weighted by molar-refractivity contribution is 5.96. The van der Waals surface area contributed by atoms with Gasteiger partial charge in [-0.1, -0.05) is 40.9 Å². The smallest absolute Gasteiger partial charge is 0.0422 e. The van der Waals surface area contributed by atoms with E-state index in [9.17, 15) is 0 Å². The van der Waals surface area contributed by atoms with E-state index in [2.05, 4.69) is 32.0 Å². The molecule has 64 valence electrons. The molecule has 1 nitrogen and oxygen atoms in total. The molecule has 0 aliphatic rings. The highest BCUT2D eigenvalue weighted by atomic mass is 14.7. The van der Waals surface area contributed by atoms with Gasteiger partial charge in [0.1, 0.15) is 0 Å². The second-order valence-corrected chi connectivity index (χ2v) is 2.10. The van der Waals surface area contributed by atoms with Gasteiger partial charge in [-0.15, -0.1) is 0 Å². The van der Waals surface area contributed by atoms with Gasteiger partial charge in [0, 0.05) is 11.9 Å². The minimum Gasteiger partial charge on any atom is -0.262 e. The molecule has 0 amide bonds. The van der Waals surface area contributed by atoms with Gasteiger partial charge in [-0.25, -0.2) is 0 Å².